The monoisotopic (exact) mass is 352 g/mol. The Labute approximate surface area is 148 Å². The molecule has 0 unspecified atom stereocenters. The van der Waals surface area contributed by atoms with E-state index in [0.717, 1.165) is 5.69 Å². The van der Waals surface area contributed by atoms with E-state index in [-0.39, 0.29) is 11.6 Å². The SMILES string of the molecule is Cc1c[nH]c(=O)n1-c1cccc(-c2noc(C3=NN(C)C(=O)CC3)n2)c1. The first-order valence-electron chi connectivity index (χ1n) is 8.09. The second kappa shape index (κ2) is 6.10. The molecule has 0 radical (unpaired) electrons. The van der Waals surface area contributed by atoms with Gasteiger partial charge in [0.1, 0.15) is 5.71 Å². The Morgan fingerprint density at radius 3 is 2.81 bits per heavy atom. The molecule has 26 heavy (non-hydrogen) atoms. The van der Waals surface area contributed by atoms with Gasteiger partial charge in [0.2, 0.25) is 11.7 Å². The molecule has 0 spiro atoms. The summed E-state index contributed by atoms with van der Waals surface area (Å²) in [5.41, 5.74) is 2.59. The third kappa shape index (κ3) is 2.73. The molecule has 1 aromatic carbocycles. The zero-order valence-electron chi connectivity index (χ0n) is 14.3. The molecule has 0 fully saturated rings. The number of carbonyl (C=O) groups excluding carboxylic acids is 1. The molecule has 9 heteroatoms. The van der Waals surface area contributed by atoms with E-state index in [2.05, 4.69) is 20.2 Å². The molecule has 132 valence electrons. The standard InChI is InChI=1S/C17H16N6O3/c1-10-9-18-17(25)23(10)12-5-3-4-11(8-12)15-19-16(26-21-15)13-6-7-14(24)22(2)20-13/h3-5,8-9H,6-7H2,1-2H3,(H,18,25). The maximum absolute atomic E-state index is 12.0. The van der Waals surface area contributed by atoms with E-state index in [4.69, 9.17) is 4.52 Å². The highest BCUT2D eigenvalue weighted by molar-refractivity contribution is 6.01. The molecule has 0 saturated heterocycles. The van der Waals surface area contributed by atoms with Gasteiger partial charge >= 0.3 is 5.69 Å². The minimum Gasteiger partial charge on any atom is -0.332 e. The summed E-state index contributed by atoms with van der Waals surface area (Å²) < 4.78 is 6.88. The lowest BCUT2D eigenvalue weighted by molar-refractivity contribution is -0.130. The van der Waals surface area contributed by atoms with Crippen molar-refractivity contribution in [3.63, 3.8) is 0 Å². The Morgan fingerprint density at radius 1 is 1.23 bits per heavy atom. The lowest BCUT2D eigenvalue weighted by atomic mass is 10.1. The van der Waals surface area contributed by atoms with E-state index >= 15 is 0 Å². The van der Waals surface area contributed by atoms with Crippen LogP contribution in [-0.4, -0.2) is 43.4 Å². The van der Waals surface area contributed by atoms with Crippen LogP contribution in [0.25, 0.3) is 17.1 Å². The number of rotatable bonds is 3. The predicted octanol–water partition coefficient (Wildman–Crippen LogP) is 1.48. The molecular formula is C17H16N6O3. The Balaban J connectivity index is 1.69. The van der Waals surface area contributed by atoms with Gasteiger partial charge in [-0.2, -0.15) is 10.1 Å². The Morgan fingerprint density at radius 2 is 2.08 bits per heavy atom. The van der Waals surface area contributed by atoms with Crippen molar-refractivity contribution in [1.82, 2.24) is 24.7 Å². The van der Waals surface area contributed by atoms with Crippen LogP contribution in [0.3, 0.4) is 0 Å². The van der Waals surface area contributed by atoms with Crippen LogP contribution in [0.4, 0.5) is 0 Å². The van der Waals surface area contributed by atoms with Crippen LogP contribution in [0.2, 0.25) is 0 Å². The lowest BCUT2D eigenvalue weighted by Crippen LogP contribution is -2.28. The minimum absolute atomic E-state index is 0.0477. The number of aromatic amines is 1. The Hall–Kier alpha value is -3.49. The van der Waals surface area contributed by atoms with Crippen LogP contribution >= 0.6 is 0 Å². The molecule has 9 nitrogen and oxygen atoms in total. The van der Waals surface area contributed by atoms with E-state index in [1.54, 1.807) is 17.8 Å². The van der Waals surface area contributed by atoms with Gasteiger partial charge in [0.25, 0.3) is 5.89 Å². The number of benzene rings is 1. The lowest BCUT2D eigenvalue weighted by Gasteiger charge is -2.17. The summed E-state index contributed by atoms with van der Waals surface area (Å²) in [6.07, 6.45) is 2.47. The molecule has 3 aromatic rings. The van der Waals surface area contributed by atoms with Crippen molar-refractivity contribution in [2.45, 2.75) is 19.8 Å². The van der Waals surface area contributed by atoms with Crippen molar-refractivity contribution in [1.29, 1.82) is 0 Å². The normalized spacial score (nSPS) is 14.6. The quantitative estimate of drug-likeness (QED) is 0.768. The van der Waals surface area contributed by atoms with Gasteiger partial charge in [-0.3, -0.25) is 9.36 Å². The number of H-pyrrole nitrogens is 1. The van der Waals surface area contributed by atoms with Crippen molar-refractivity contribution in [3.05, 3.63) is 52.5 Å². The molecule has 1 aliphatic heterocycles. The van der Waals surface area contributed by atoms with Gasteiger partial charge in [-0.05, 0) is 19.1 Å². The highest BCUT2D eigenvalue weighted by atomic mass is 16.5. The summed E-state index contributed by atoms with van der Waals surface area (Å²) in [5.74, 6) is 0.638. The number of hydrogen-bond acceptors (Lipinski definition) is 6. The molecule has 1 N–H and O–H groups in total. The average molecular weight is 352 g/mol. The molecule has 2 aromatic heterocycles. The van der Waals surface area contributed by atoms with Crippen molar-refractivity contribution < 1.29 is 9.32 Å². The number of aryl methyl sites for hydroxylation is 1. The van der Waals surface area contributed by atoms with Crippen LogP contribution in [0, 0.1) is 6.92 Å². The third-order valence-corrected chi connectivity index (χ3v) is 4.20. The maximum Gasteiger partial charge on any atom is 0.330 e. The van der Waals surface area contributed by atoms with E-state index in [1.165, 1.54) is 5.01 Å². The second-order valence-electron chi connectivity index (χ2n) is 6.01. The van der Waals surface area contributed by atoms with E-state index in [0.29, 0.717) is 41.5 Å². The average Bonchev–Trinajstić information content (AvgIpc) is 3.25. The molecule has 0 atom stereocenters. The highest BCUT2D eigenvalue weighted by Gasteiger charge is 2.22. The Kier molecular flexibility index (Phi) is 3.76. The fourth-order valence-electron chi connectivity index (χ4n) is 2.84. The highest BCUT2D eigenvalue weighted by Crippen LogP contribution is 2.21. The first-order valence-corrected chi connectivity index (χ1v) is 8.09. The van der Waals surface area contributed by atoms with Crippen LogP contribution in [0.1, 0.15) is 24.4 Å². The van der Waals surface area contributed by atoms with Crippen molar-refractivity contribution >= 4 is 11.6 Å². The topological polar surface area (TPSA) is 109 Å². The first-order chi connectivity index (χ1) is 12.5. The summed E-state index contributed by atoms with van der Waals surface area (Å²) in [7, 11) is 1.60. The van der Waals surface area contributed by atoms with Crippen LogP contribution in [-0.2, 0) is 4.79 Å². The number of hydrazone groups is 1. The van der Waals surface area contributed by atoms with Gasteiger partial charge in [0.15, 0.2) is 0 Å². The molecular weight excluding hydrogens is 336 g/mol. The van der Waals surface area contributed by atoms with E-state index < -0.39 is 0 Å². The van der Waals surface area contributed by atoms with Gasteiger partial charge in [-0.1, -0.05) is 17.3 Å². The fraction of sp³-hybridized carbons (Fsp3) is 0.235. The number of carbonyl (C=O) groups is 1. The van der Waals surface area contributed by atoms with Gasteiger partial charge in [-0.15, -0.1) is 0 Å². The molecule has 0 bridgehead atoms. The maximum atomic E-state index is 12.0. The number of hydrogen-bond donors (Lipinski definition) is 1. The van der Waals surface area contributed by atoms with Gasteiger partial charge in [0.05, 0.1) is 5.69 Å². The van der Waals surface area contributed by atoms with Gasteiger partial charge in [0, 0.05) is 37.3 Å². The van der Waals surface area contributed by atoms with Gasteiger partial charge < -0.3 is 9.51 Å². The number of nitrogens with zero attached hydrogens (tertiary/aromatic N) is 5. The fourth-order valence-corrected chi connectivity index (χ4v) is 2.84. The zero-order chi connectivity index (χ0) is 18.3. The van der Waals surface area contributed by atoms with Crippen molar-refractivity contribution in [2.75, 3.05) is 7.05 Å². The summed E-state index contributed by atoms with van der Waals surface area (Å²) in [6.45, 7) is 1.84. The minimum atomic E-state index is -0.210. The summed E-state index contributed by atoms with van der Waals surface area (Å²) in [5, 5.41) is 9.47. The van der Waals surface area contributed by atoms with Crippen LogP contribution in [0.15, 0.2) is 44.9 Å². The second-order valence-corrected chi connectivity index (χ2v) is 6.01. The van der Waals surface area contributed by atoms with Crippen LogP contribution in [0.5, 0.6) is 0 Å². The van der Waals surface area contributed by atoms with Gasteiger partial charge in [-0.25, -0.2) is 9.80 Å². The Bertz CT molecular complexity index is 1070. The third-order valence-electron chi connectivity index (χ3n) is 4.20. The summed E-state index contributed by atoms with van der Waals surface area (Å²) in [6, 6.07) is 7.31. The van der Waals surface area contributed by atoms with Crippen molar-refractivity contribution in [2.24, 2.45) is 5.10 Å². The number of imidazole rings is 1. The molecule has 3 heterocycles. The molecule has 1 amide bonds. The summed E-state index contributed by atoms with van der Waals surface area (Å²) >= 11 is 0. The molecule has 0 saturated carbocycles. The molecule has 4 rings (SSSR count). The van der Waals surface area contributed by atoms with E-state index in [1.807, 2.05) is 31.2 Å². The smallest absolute Gasteiger partial charge is 0.330 e. The van der Waals surface area contributed by atoms with E-state index in [9.17, 15) is 9.59 Å². The predicted molar refractivity (Wildman–Crippen MR) is 93.0 cm³/mol. The first kappa shape index (κ1) is 16.0. The largest absolute Gasteiger partial charge is 0.332 e. The molecule has 0 aliphatic carbocycles. The van der Waals surface area contributed by atoms with Crippen molar-refractivity contribution in [3.8, 4) is 17.1 Å². The number of nitrogens with one attached hydrogen (secondary N) is 1. The number of amides is 1. The summed E-state index contributed by atoms with van der Waals surface area (Å²) in [4.78, 5) is 30.5. The zero-order valence-corrected chi connectivity index (χ0v) is 14.3. The van der Waals surface area contributed by atoms with Crippen LogP contribution < -0.4 is 5.69 Å². The number of aromatic nitrogens is 4. The molecule has 1 aliphatic rings.